The van der Waals surface area contributed by atoms with E-state index in [-0.39, 0.29) is 23.6 Å². The lowest BCUT2D eigenvalue weighted by Gasteiger charge is -2.35. The minimum Gasteiger partial charge on any atom is -0.494 e. The predicted octanol–water partition coefficient (Wildman–Crippen LogP) is 2.55. The van der Waals surface area contributed by atoms with Gasteiger partial charge in [0.25, 0.3) is 0 Å². The number of ether oxygens (including phenoxy) is 1. The summed E-state index contributed by atoms with van der Waals surface area (Å²) in [5.41, 5.74) is 0. The molecule has 1 N–H and O–H groups in total. The average molecular weight is 323 g/mol. The zero-order valence-electron chi connectivity index (χ0n) is 13.2. The van der Waals surface area contributed by atoms with Crippen LogP contribution in [0.25, 0.3) is 0 Å². The van der Waals surface area contributed by atoms with E-state index in [0.717, 1.165) is 0 Å². The van der Waals surface area contributed by atoms with E-state index in [4.69, 9.17) is 9.84 Å². The van der Waals surface area contributed by atoms with E-state index in [1.807, 2.05) is 6.92 Å². The molecule has 2 rings (SSSR count). The molecule has 1 fully saturated rings. The molecule has 0 radical (unpaired) electrons. The molecule has 0 spiro atoms. The molecule has 126 valence electrons. The van der Waals surface area contributed by atoms with Gasteiger partial charge in [0.15, 0.2) is 0 Å². The topological polar surface area (TPSA) is 66.8 Å². The van der Waals surface area contributed by atoms with Crippen LogP contribution in [0.5, 0.6) is 5.75 Å². The maximum atomic E-state index is 12.8. The van der Waals surface area contributed by atoms with Crippen LogP contribution in [0.15, 0.2) is 24.3 Å². The quantitative estimate of drug-likeness (QED) is 0.817. The van der Waals surface area contributed by atoms with Gasteiger partial charge in [-0.15, -0.1) is 0 Å². The number of rotatable bonds is 6. The van der Waals surface area contributed by atoms with Crippen molar-refractivity contribution >= 4 is 11.9 Å². The Bertz CT molecular complexity index is 546. The highest BCUT2D eigenvalue weighted by molar-refractivity contribution is 5.77. The van der Waals surface area contributed by atoms with Gasteiger partial charge in [0.1, 0.15) is 11.6 Å². The van der Waals surface area contributed by atoms with Crippen LogP contribution in [0.3, 0.4) is 0 Å². The SMILES string of the molecule is CC1CN(C(=O)CCCOc2ccc(F)cc2)CCC1C(=O)O. The summed E-state index contributed by atoms with van der Waals surface area (Å²) in [6.07, 6.45) is 1.45. The third kappa shape index (κ3) is 4.94. The fourth-order valence-corrected chi connectivity index (χ4v) is 2.84. The number of carboxylic acids is 1. The van der Waals surface area contributed by atoms with Crippen molar-refractivity contribution in [1.82, 2.24) is 4.90 Å². The number of carboxylic acid groups (broad SMARTS) is 1. The molecule has 1 amide bonds. The molecule has 23 heavy (non-hydrogen) atoms. The Labute approximate surface area is 135 Å². The van der Waals surface area contributed by atoms with Crippen LogP contribution in [0.2, 0.25) is 0 Å². The third-order valence-electron chi connectivity index (χ3n) is 4.19. The normalized spacial score (nSPS) is 21.0. The maximum Gasteiger partial charge on any atom is 0.306 e. The van der Waals surface area contributed by atoms with Gasteiger partial charge < -0.3 is 14.7 Å². The lowest BCUT2D eigenvalue weighted by atomic mass is 9.87. The average Bonchev–Trinajstić information content (AvgIpc) is 2.52. The second kappa shape index (κ2) is 7.94. The third-order valence-corrected chi connectivity index (χ3v) is 4.19. The van der Waals surface area contributed by atoms with Gasteiger partial charge in [0, 0.05) is 19.5 Å². The van der Waals surface area contributed by atoms with Crippen molar-refractivity contribution in [2.45, 2.75) is 26.2 Å². The molecule has 0 aromatic heterocycles. The summed E-state index contributed by atoms with van der Waals surface area (Å²) in [6.45, 7) is 3.25. The summed E-state index contributed by atoms with van der Waals surface area (Å²) in [7, 11) is 0. The van der Waals surface area contributed by atoms with Gasteiger partial charge >= 0.3 is 5.97 Å². The summed E-state index contributed by atoms with van der Waals surface area (Å²) in [4.78, 5) is 25.0. The Balaban J connectivity index is 1.69. The van der Waals surface area contributed by atoms with E-state index in [0.29, 0.717) is 44.7 Å². The van der Waals surface area contributed by atoms with E-state index >= 15 is 0 Å². The first-order valence-electron chi connectivity index (χ1n) is 7.86. The van der Waals surface area contributed by atoms with Crippen LogP contribution < -0.4 is 4.74 Å². The largest absolute Gasteiger partial charge is 0.494 e. The summed E-state index contributed by atoms with van der Waals surface area (Å²) >= 11 is 0. The highest BCUT2D eigenvalue weighted by Crippen LogP contribution is 2.24. The molecule has 1 aromatic rings. The first kappa shape index (κ1) is 17.2. The van der Waals surface area contributed by atoms with Crippen molar-refractivity contribution in [3.8, 4) is 5.75 Å². The van der Waals surface area contributed by atoms with Gasteiger partial charge in [-0.25, -0.2) is 4.39 Å². The Morgan fingerprint density at radius 2 is 2.04 bits per heavy atom. The van der Waals surface area contributed by atoms with Gasteiger partial charge in [-0.2, -0.15) is 0 Å². The fraction of sp³-hybridized carbons (Fsp3) is 0.529. The molecule has 1 saturated heterocycles. The molecule has 1 aliphatic rings. The van der Waals surface area contributed by atoms with E-state index in [1.54, 1.807) is 17.0 Å². The first-order chi connectivity index (χ1) is 11.0. The summed E-state index contributed by atoms with van der Waals surface area (Å²) in [6, 6.07) is 5.76. The maximum absolute atomic E-state index is 12.8. The molecule has 1 aliphatic heterocycles. The number of aliphatic carboxylic acids is 1. The second-order valence-electron chi connectivity index (χ2n) is 5.96. The molecule has 5 nitrogen and oxygen atoms in total. The molecule has 1 aromatic carbocycles. The van der Waals surface area contributed by atoms with Crippen LogP contribution in [0.1, 0.15) is 26.2 Å². The zero-order valence-corrected chi connectivity index (χ0v) is 13.2. The summed E-state index contributed by atoms with van der Waals surface area (Å²) in [5, 5.41) is 9.09. The Hall–Kier alpha value is -2.11. The number of piperidine rings is 1. The molecule has 2 unspecified atom stereocenters. The first-order valence-corrected chi connectivity index (χ1v) is 7.86. The van der Waals surface area contributed by atoms with Gasteiger partial charge in [-0.1, -0.05) is 6.92 Å². The molecule has 0 aliphatic carbocycles. The van der Waals surface area contributed by atoms with Gasteiger partial charge in [-0.3, -0.25) is 9.59 Å². The monoisotopic (exact) mass is 323 g/mol. The molecule has 0 saturated carbocycles. The van der Waals surface area contributed by atoms with Crippen molar-refractivity contribution in [1.29, 1.82) is 0 Å². The molecular formula is C17H22FNO4. The van der Waals surface area contributed by atoms with E-state index in [9.17, 15) is 14.0 Å². The smallest absolute Gasteiger partial charge is 0.306 e. The standard InChI is InChI=1S/C17H22FNO4/c1-12-11-19(9-8-15(12)17(21)22)16(20)3-2-10-23-14-6-4-13(18)5-7-14/h4-7,12,15H,2-3,8-11H2,1H3,(H,21,22). The summed E-state index contributed by atoms with van der Waals surface area (Å²) < 4.78 is 18.2. The lowest BCUT2D eigenvalue weighted by Crippen LogP contribution is -2.45. The van der Waals surface area contributed by atoms with Crippen LogP contribution in [-0.4, -0.2) is 41.6 Å². The molecule has 1 heterocycles. The minimum absolute atomic E-state index is 0.0272. The Morgan fingerprint density at radius 3 is 2.65 bits per heavy atom. The van der Waals surface area contributed by atoms with Crippen molar-refractivity contribution in [2.24, 2.45) is 11.8 Å². The zero-order chi connectivity index (χ0) is 16.8. The highest BCUT2D eigenvalue weighted by atomic mass is 19.1. The minimum atomic E-state index is -0.780. The Morgan fingerprint density at radius 1 is 1.35 bits per heavy atom. The number of halogens is 1. The van der Waals surface area contributed by atoms with Crippen molar-refractivity contribution < 1.29 is 23.8 Å². The van der Waals surface area contributed by atoms with Crippen LogP contribution in [0.4, 0.5) is 4.39 Å². The van der Waals surface area contributed by atoms with Crippen LogP contribution in [0, 0.1) is 17.7 Å². The van der Waals surface area contributed by atoms with E-state index < -0.39 is 5.97 Å². The molecule has 0 bridgehead atoms. The Kier molecular flexibility index (Phi) is 5.96. The van der Waals surface area contributed by atoms with Crippen LogP contribution in [-0.2, 0) is 9.59 Å². The predicted molar refractivity (Wildman–Crippen MR) is 82.6 cm³/mol. The van der Waals surface area contributed by atoms with Gasteiger partial charge in [0.2, 0.25) is 5.91 Å². The number of amides is 1. The molecule has 2 atom stereocenters. The van der Waals surface area contributed by atoms with Gasteiger partial charge in [0.05, 0.1) is 12.5 Å². The van der Waals surface area contributed by atoms with Crippen molar-refractivity contribution in [3.63, 3.8) is 0 Å². The highest BCUT2D eigenvalue weighted by Gasteiger charge is 2.32. The number of likely N-dealkylation sites (tertiary alicyclic amines) is 1. The van der Waals surface area contributed by atoms with Gasteiger partial charge in [-0.05, 0) is 43.0 Å². The number of carbonyl (C=O) groups excluding carboxylic acids is 1. The van der Waals surface area contributed by atoms with Crippen molar-refractivity contribution in [3.05, 3.63) is 30.1 Å². The number of nitrogens with zero attached hydrogens (tertiary/aromatic N) is 1. The van der Waals surface area contributed by atoms with E-state index in [2.05, 4.69) is 0 Å². The fourth-order valence-electron chi connectivity index (χ4n) is 2.84. The van der Waals surface area contributed by atoms with E-state index in [1.165, 1.54) is 12.1 Å². The number of hydrogen-bond acceptors (Lipinski definition) is 3. The van der Waals surface area contributed by atoms with Crippen LogP contribution >= 0.6 is 0 Å². The number of hydrogen-bond donors (Lipinski definition) is 1. The molecular weight excluding hydrogens is 301 g/mol. The van der Waals surface area contributed by atoms with Crippen molar-refractivity contribution in [2.75, 3.05) is 19.7 Å². The summed E-state index contributed by atoms with van der Waals surface area (Å²) in [5.74, 6) is -0.872. The second-order valence-corrected chi connectivity index (χ2v) is 5.96. The lowest BCUT2D eigenvalue weighted by molar-refractivity contribution is -0.148. The number of benzene rings is 1. The number of carbonyl (C=O) groups is 2. The molecule has 6 heteroatoms.